The molecule has 16 heavy (non-hydrogen) atoms. The predicted octanol–water partition coefficient (Wildman–Crippen LogP) is -0.359. The van der Waals surface area contributed by atoms with E-state index in [9.17, 15) is 9.90 Å². The molecule has 1 heterocycles. The molecule has 1 aliphatic heterocycles. The number of morpholine rings is 1. The van der Waals surface area contributed by atoms with Gasteiger partial charge in [0.15, 0.2) is 0 Å². The van der Waals surface area contributed by atoms with Gasteiger partial charge in [-0.05, 0) is 27.7 Å². The highest BCUT2D eigenvalue weighted by Crippen LogP contribution is 2.20. The van der Waals surface area contributed by atoms with Gasteiger partial charge in [0.25, 0.3) is 0 Å². The van der Waals surface area contributed by atoms with E-state index in [1.807, 2.05) is 0 Å². The van der Waals surface area contributed by atoms with Crippen LogP contribution in [-0.4, -0.2) is 48.0 Å². The molecular formula is C11H22N2O3. The molecule has 1 unspecified atom stereocenters. The van der Waals surface area contributed by atoms with Crippen LogP contribution in [-0.2, 0) is 9.53 Å². The summed E-state index contributed by atoms with van der Waals surface area (Å²) in [5.74, 6) is -0.133. The average Bonchev–Trinajstić information content (AvgIpc) is 2.16. The van der Waals surface area contributed by atoms with Crippen LogP contribution < -0.4 is 10.6 Å². The van der Waals surface area contributed by atoms with Crippen molar-refractivity contribution in [2.75, 3.05) is 19.8 Å². The number of rotatable bonds is 3. The Balaban J connectivity index is 2.56. The fourth-order valence-corrected chi connectivity index (χ4v) is 1.28. The molecule has 0 saturated carbocycles. The molecule has 5 heteroatoms. The summed E-state index contributed by atoms with van der Waals surface area (Å²) < 4.78 is 5.22. The molecule has 1 fully saturated rings. The van der Waals surface area contributed by atoms with E-state index in [2.05, 4.69) is 10.6 Å². The summed E-state index contributed by atoms with van der Waals surface area (Å²) in [4.78, 5) is 11.9. The van der Waals surface area contributed by atoms with Crippen molar-refractivity contribution >= 4 is 5.91 Å². The second-order valence-electron chi connectivity index (χ2n) is 5.25. The Morgan fingerprint density at radius 1 is 1.44 bits per heavy atom. The third-order valence-corrected chi connectivity index (χ3v) is 3.20. The van der Waals surface area contributed by atoms with Gasteiger partial charge in [-0.3, -0.25) is 4.79 Å². The molecule has 0 bridgehead atoms. The topological polar surface area (TPSA) is 70.6 Å². The Morgan fingerprint density at radius 3 is 2.50 bits per heavy atom. The van der Waals surface area contributed by atoms with Crippen LogP contribution in [0, 0.1) is 0 Å². The van der Waals surface area contributed by atoms with Crippen molar-refractivity contribution in [3.8, 4) is 0 Å². The van der Waals surface area contributed by atoms with Crippen molar-refractivity contribution in [2.45, 2.75) is 44.9 Å². The highest BCUT2D eigenvalue weighted by atomic mass is 16.5. The van der Waals surface area contributed by atoms with E-state index < -0.39 is 11.1 Å². The van der Waals surface area contributed by atoms with Gasteiger partial charge in [0, 0.05) is 6.54 Å². The van der Waals surface area contributed by atoms with Gasteiger partial charge in [0.2, 0.25) is 5.91 Å². The first-order valence-corrected chi connectivity index (χ1v) is 5.59. The largest absolute Gasteiger partial charge is 0.388 e. The number of hydrogen-bond donors (Lipinski definition) is 3. The van der Waals surface area contributed by atoms with Crippen LogP contribution >= 0.6 is 0 Å². The van der Waals surface area contributed by atoms with Crippen molar-refractivity contribution in [3.63, 3.8) is 0 Å². The maximum atomic E-state index is 11.9. The van der Waals surface area contributed by atoms with Crippen molar-refractivity contribution in [1.29, 1.82) is 0 Å². The van der Waals surface area contributed by atoms with Gasteiger partial charge in [-0.2, -0.15) is 0 Å². The minimum absolute atomic E-state index is 0.133. The van der Waals surface area contributed by atoms with Crippen molar-refractivity contribution < 1.29 is 14.6 Å². The molecule has 1 atom stereocenters. The lowest BCUT2D eigenvalue weighted by atomic mass is 9.85. The van der Waals surface area contributed by atoms with Crippen molar-refractivity contribution in [2.24, 2.45) is 0 Å². The quantitative estimate of drug-likeness (QED) is 0.619. The van der Waals surface area contributed by atoms with Gasteiger partial charge in [0.05, 0.1) is 24.4 Å². The second-order valence-corrected chi connectivity index (χ2v) is 5.25. The molecule has 1 rings (SSSR count). The Bertz CT molecular complexity index is 252. The Hall–Kier alpha value is -0.650. The molecule has 1 aliphatic rings. The molecule has 1 saturated heterocycles. The van der Waals surface area contributed by atoms with E-state index in [0.717, 1.165) is 0 Å². The van der Waals surface area contributed by atoms with Gasteiger partial charge in [0.1, 0.15) is 6.04 Å². The van der Waals surface area contributed by atoms with Crippen molar-refractivity contribution in [1.82, 2.24) is 10.6 Å². The van der Waals surface area contributed by atoms with Gasteiger partial charge < -0.3 is 20.5 Å². The van der Waals surface area contributed by atoms with E-state index in [0.29, 0.717) is 19.8 Å². The van der Waals surface area contributed by atoms with Crippen molar-refractivity contribution in [3.05, 3.63) is 0 Å². The van der Waals surface area contributed by atoms with E-state index in [1.165, 1.54) is 0 Å². The van der Waals surface area contributed by atoms with Crippen LogP contribution in [0.5, 0.6) is 0 Å². The number of nitrogens with one attached hydrogen (secondary N) is 2. The van der Waals surface area contributed by atoms with Gasteiger partial charge in [-0.25, -0.2) is 0 Å². The first-order valence-electron chi connectivity index (χ1n) is 5.59. The molecule has 0 aromatic carbocycles. The second kappa shape index (κ2) is 4.69. The van der Waals surface area contributed by atoms with Crippen LogP contribution in [0.1, 0.15) is 27.7 Å². The minimum atomic E-state index is -0.974. The molecule has 1 amide bonds. The van der Waals surface area contributed by atoms with E-state index >= 15 is 0 Å². The predicted molar refractivity (Wildman–Crippen MR) is 61.1 cm³/mol. The summed E-state index contributed by atoms with van der Waals surface area (Å²) in [5, 5.41) is 15.8. The standard InChI is InChI=1S/C11H22N2O3/c1-10(2,11(3,4)15)13-9(14)8-7-16-6-5-12-8/h8,12,15H,5-7H2,1-4H3,(H,13,14). The first-order chi connectivity index (χ1) is 7.24. The SMILES string of the molecule is CC(C)(O)C(C)(C)NC(=O)C1COCCN1. The third kappa shape index (κ3) is 3.17. The van der Waals surface area contributed by atoms with Gasteiger partial charge in [-0.1, -0.05) is 0 Å². The molecule has 0 aromatic rings. The summed E-state index contributed by atoms with van der Waals surface area (Å²) in [6.07, 6.45) is 0. The lowest BCUT2D eigenvalue weighted by Gasteiger charge is -2.39. The average molecular weight is 230 g/mol. The number of ether oxygens (including phenoxy) is 1. The van der Waals surface area contributed by atoms with Crippen LogP contribution in [0.15, 0.2) is 0 Å². The number of hydrogen-bond acceptors (Lipinski definition) is 4. The van der Waals surface area contributed by atoms with E-state index in [4.69, 9.17) is 4.74 Å². The molecule has 0 spiro atoms. The van der Waals surface area contributed by atoms with Gasteiger partial charge >= 0.3 is 0 Å². The third-order valence-electron chi connectivity index (χ3n) is 3.20. The number of aliphatic hydroxyl groups is 1. The summed E-state index contributed by atoms with van der Waals surface area (Å²) in [7, 11) is 0. The fourth-order valence-electron chi connectivity index (χ4n) is 1.28. The zero-order chi connectivity index (χ0) is 12.4. The summed E-state index contributed by atoms with van der Waals surface area (Å²) in [6, 6.07) is -0.324. The summed E-state index contributed by atoms with van der Waals surface area (Å²) in [5.41, 5.74) is -1.65. The summed E-state index contributed by atoms with van der Waals surface area (Å²) in [6.45, 7) is 8.66. The zero-order valence-corrected chi connectivity index (χ0v) is 10.5. The van der Waals surface area contributed by atoms with E-state index in [1.54, 1.807) is 27.7 Å². The molecule has 94 valence electrons. The number of amides is 1. The normalized spacial score (nSPS) is 22.9. The zero-order valence-electron chi connectivity index (χ0n) is 10.5. The highest BCUT2D eigenvalue weighted by Gasteiger charge is 2.37. The molecule has 0 aromatic heterocycles. The maximum Gasteiger partial charge on any atom is 0.240 e. The lowest BCUT2D eigenvalue weighted by molar-refractivity contribution is -0.131. The minimum Gasteiger partial charge on any atom is -0.388 e. The van der Waals surface area contributed by atoms with Crippen LogP contribution in [0.3, 0.4) is 0 Å². The van der Waals surface area contributed by atoms with Gasteiger partial charge in [-0.15, -0.1) is 0 Å². The Morgan fingerprint density at radius 2 is 2.06 bits per heavy atom. The fraction of sp³-hybridized carbons (Fsp3) is 0.909. The molecule has 5 nitrogen and oxygen atoms in total. The molecule has 3 N–H and O–H groups in total. The lowest BCUT2D eigenvalue weighted by Crippen LogP contribution is -2.62. The first kappa shape index (κ1) is 13.4. The summed E-state index contributed by atoms with van der Waals surface area (Å²) >= 11 is 0. The van der Waals surface area contributed by atoms with E-state index in [-0.39, 0.29) is 11.9 Å². The van der Waals surface area contributed by atoms with Crippen LogP contribution in [0.4, 0.5) is 0 Å². The van der Waals surface area contributed by atoms with Crippen LogP contribution in [0.2, 0.25) is 0 Å². The Labute approximate surface area is 96.6 Å². The number of carbonyl (C=O) groups excluding carboxylic acids is 1. The molecule has 0 aliphatic carbocycles. The molecular weight excluding hydrogens is 208 g/mol. The maximum absolute atomic E-state index is 11.9. The van der Waals surface area contributed by atoms with Crippen LogP contribution in [0.25, 0.3) is 0 Å². The molecule has 0 radical (unpaired) electrons. The monoisotopic (exact) mass is 230 g/mol. The highest BCUT2D eigenvalue weighted by molar-refractivity contribution is 5.82. The Kier molecular flexibility index (Phi) is 3.93. The smallest absolute Gasteiger partial charge is 0.240 e. The number of carbonyl (C=O) groups is 1.